The van der Waals surface area contributed by atoms with Crippen LogP contribution in [0, 0.1) is 0 Å². The summed E-state index contributed by atoms with van der Waals surface area (Å²) >= 11 is 7.72. The lowest BCUT2D eigenvalue weighted by Gasteiger charge is -2.06. The number of esters is 1. The fourth-order valence-corrected chi connectivity index (χ4v) is 4.37. The Labute approximate surface area is 175 Å². The number of ether oxygens (including phenoxy) is 1. The van der Waals surface area contributed by atoms with Crippen LogP contribution in [-0.2, 0) is 24.3 Å². The molecule has 0 atom stereocenters. The molecule has 1 heterocycles. The van der Waals surface area contributed by atoms with E-state index in [1.165, 1.54) is 47.8 Å². The van der Waals surface area contributed by atoms with Gasteiger partial charge in [0.15, 0.2) is 6.61 Å². The Morgan fingerprint density at radius 3 is 2.66 bits per heavy atom. The summed E-state index contributed by atoms with van der Waals surface area (Å²) in [6.07, 6.45) is 2.72. The van der Waals surface area contributed by atoms with E-state index in [1.807, 2.05) is 24.3 Å². The van der Waals surface area contributed by atoms with Crippen molar-refractivity contribution in [1.29, 1.82) is 0 Å². The number of carbonyl (C=O) groups excluding carboxylic acids is 2. The molecule has 0 saturated heterocycles. The summed E-state index contributed by atoms with van der Waals surface area (Å²) in [6, 6.07) is 13.0. The summed E-state index contributed by atoms with van der Waals surface area (Å²) in [5.74, 6) is -1.34. The number of halogens is 1. The van der Waals surface area contributed by atoms with Crippen LogP contribution in [0.25, 0.3) is 16.2 Å². The zero-order chi connectivity index (χ0) is 21.0. The first-order valence-corrected chi connectivity index (χ1v) is 10.9. The second-order valence-electron chi connectivity index (χ2n) is 5.84. The van der Waals surface area contributed by atoms with E-state index in [0.29, 0.717) is 9.90 Å². The van der Waals surface area contributed by atoms with E-state index < -0.39 is 28.5 Å². The van der Waals surface area contributed by atoms with Gasteiger partial charge in [-0.25, -0.2) is 18.4 Å². The average molecular weight is 451 g/mol. The minimum absolute atomic E-state index is 0.143. The van der Waals surface area contributed by atoms with Crippen molar-refractivity contribution in [3.05, 3.63) is 64.5 Å². The quantitative estimate of drug-likeness (QED) is 0.441. The summed E-state index contributed by atoms with van der Waals surface area (Å²) < 4.78 is 28.6. The molecule has 7 nitrogen and oxygen atoms in total. The van der Waals surface area contributed by atoms with Gasteiger partial charge in [-0.2, -0.15) is 0 Å². The maximum absolute atomic E-state index is 11.9. The Morgan fingerprint density at radius 2 is 1.93 bits per heavy atom. The molecule has 3 N–H and O–H groups in total. The third kappa shape index (κ3) is 5.42. The Kier molecular flexibility index (Phi) is 6.33. The number of anilines is 1. The number of thiophene rings is 1. The molecule has 0 aliphatic heterocycles. The first kappa shape index (κ1) is 21.0. The predicted octanol–water partition coefficient (Wildman–Crippen LogP) is 3.40. The number of fused-ring (bicyclic) bond motifs is 1. The number of hydrogen-bond donors (Lipinski definition) is 2. The predicted molar refractivity (Wildman–Crippen MR) is 113 cm³/mol. The molecule has 0 aliphatic carbocycles. The lowest BCUT2D eigenvalue weighted by Crippen LogP contribution is -2.20. The van der Waals surface area contributed by atoms with Gasteiger partial charge in [0.25, 0.3) is 5.91 Å². The van der Waals surface area contributed by atoms with E-state index >= 15 is 0 Å². The fourth-order valence-electron chi connectivity index (χ4n) is 2.42. The summed E-state index contributed by atoms with van der Waals surface area (Å²) in [7, 11) is -3.89. The molecule has 0 bridgehead atoms. The molecule has 10 heteroatoms. The minimum Gasteiger partial charge on any atom is -0.452 e. The van der Waals surface area contributed by atoms with Crippen molar-refractivity contribution in [2.24, 2.45) is 5.14 Å². The van der Waals surface area contributed by atoms with Gasteiger partial charge in [0, 0.05) is 26.7 Å². The monoisotopic (exact) mass is 450 g/mol. The first-order valence-electron chi connectivity index (χ1n) is 8.18. The highest BCUT2D eigenvalue weighted by Crippen LogP contribution is 2.35. The zero-order valence-electron chi connectivity index (χ0n) is 14.8. The van der Waals surface area contributed by atoms with Gasteiger partial charge in [0.2, 0.25) is 10.0 Å². The van der Waals surface area contributed by atoms with Crippen LogP contribution in [0.4, 0.5) is 5.69 Å². The molecule has 3 rings (SSSR count). The van der Waals surface area contributed by atoms with Gasteiger partial charge >= 0.3 is 5.97 Å². The SMILES string of the molecule is NS(=O)(=O)c1cccc(NC(=O)COC(=O)/C=C/c2sc3ccccc3c2Cl)c1. The molecule has 3 aromatic rings. The van der Waals surface area contributed by atoms with E-state index in [4.69, 9.17) is 21.5 Å². The Balaban J connectivity index is 1.57. The van der Waals surface area contributed by atoms with Crippen LogP contribution in [0.1, 0.15) is 4.88 Å². The highest BCUT2D eigenvalue weighted by molar-refractivity contribution is 7.89. The molecule has 2 aromatic carbocycles. The summed E-state index contributed by atoms with van der Waals surface area (Å²) in [6.45, 7) is -0.539. The van der Waals surface area contributed by atoms with E-state index in [0.717, 1.165) is 10.1 Å². The van der Waals surface area contributed by atoms with E-state index in [9.17, 15) is 18.0 Å². The van der Waals surface area contributed by atoms with Crippen LogP contribution in [0.3, 0.4) is 0 Å². The van der Waals surface area contributed by atoms with Crippen molar-refractivity contribution >= 4 is 66.7 Å². The van der Waals surface area contributed by atoms with Gasteiger partial charge in [-0.15, -0.1) is 11.3 Å². The number of nitrogens with one attached hydrogen (secondary N) is 1. The fraction of sp³-hybridized carbons (Fsp3) is 0.0526. The minimum atomic E-state index is -3.89. The third-order valence-corrected chi connectivity index (χ3v) is 6.29. The van der Waals surface area contributed by atoms with Gasteiger partial charge in [-0.1, -0.05) is 35.9 Å². The molecule has 150 valence electrons. The van der Waals surface area contributed by atoms with Crippen molar-refractivity contribution < 1.29 is 22.7 Å². The van der Waals surface area contributed by atoms with Crippen molar-refractivity contribution in [2.45, 2.75) is 4.90 Å². The molecular weight excluding hydrogens is 436 g/mol. The number of rotatable bonds is 6. The van der Waals surface area contributed by atoms with Gasteiger partial charge in [-0.3, -0.25) is 4.79 Å². The van der Waals surface area contributed by atoms with Gasteiger partial charge in [0.05, 0.1) is 9.92 Å². The molecule has 0 saturated carbocycles. The van der Waals surface area contributed by atoms with E-state index in [1.54, 1.807) is 0 Å². The molecule has 0 spiro atoms. The largest absolute Gasteiger partial charge is 0.452 e. The molecular formula is C19H15ClN2O5S2. The standard InChI is InChI=1S/C19H15ClN2O5S2/c20-19-14-6-1-2-7-15(14)28-16(19)8-9-18(24)27-11-17(23)22-12-4-3-5-13(10-12)29(21,25)26/h1-10H,11H2,(H,22,23)(H2,21,25,26)/b9-8+. The number of hydrogen-bond acceptors (Lipinski definition) is 6. The van der Waals surface area contributed by atoms with Crippen molar-refractivity contribution in [2.75, 3.05) is 11.9 Å². The summed E-state index contributed by atoms with van der Waals surface area (Å²) in [5, 5.41) is 8.92. The lowest BCUT2D eigenvalue weighted by atomic mass is 10.2. The second kappa shape index (κ2) is 8.75. The lowest BCUT2D eigenvalue weighted by molar-refractivity contribution is -0.142. The third-order valence-electron chi connectivity index (χ3n) is 3.72. The van der Waals surface area contributed by atoms with Crippen LogP contribution in [0.2, 0.25) is 5.02 Å². The van der Waals surface area contributed by atoms with Crippen molar-refractivity contribution in [3.63, 3.8) is 0 Å². The smallest absolute Gasteiger partial charge is 0.331 e. The van der Waals surface area contributed by atoms with Gasteiger partial charge < -0.3 is 10.1 Å². The van der Waals surface area contributed by atoms with Crippen LogP contribution in [-0.4, -0.2) is 26.9 Å². The molecule has 29 heavy (non-hydrogen) atoms. The molecule has 1 amide bonds. The van der Waals surface area contributed by atoms with Crippen LogP contribution >= 0.6 is 22.9 Å². The molecule has 0 radical (unpaired) electrons. The van der Waals surface area contributed by atoms with E-state index in [-0.39, 0.29) is 10.6 Å². The second-order valence-corrected chi connectivity index (χ2v) is 8.86. The summed E-state index contributed by atoms with van der Waals surface area (Å²) in [4.78, 5) is 24.3. The molecule has 0 unspecified atom stereocenters. The highest BCUT2D eigenvalue weighted by atomic mass is 35.5. The Morgan fingerprint density at radius 1 is 1.17 bits per heavy atom. The molecule has 0 fully saturated rings. The molecule has 1 aromatic heterocycles. The van der Waals surface area contributed by atoms with Crippen molar-refractivity contribution in [1.82, 2.24) is 0 Å². The first-order chi connectivity index (χ1) is 13.7. The summed E-state index contributed by atoms with van der Waals surface area (Å²) in [5.41, 5.74) is 0.213. The normalized spacial score (nSPS) is 11.7. The number of primary sulfonamides is 1. The Hall–Kier alpha value is -2.72. The maximum atomic E-state index is 11.9. The van der Waals surface area contributed by atoms with Crippen molar-refractivity contribution in [3.8, 4) is 0 Å². The number of sulfonamides is 1. The number of benzene rings is 2. The average Bonchev–Trinajstić information content (AvgIpc) is 3.00. The Bertz CT molecular complexity index is 1220. The van der Waals surface area contributed by atoms with Crippen LogP contribution in [0.15, 0.2) is 59.5 Å². The zero-order valence-corrected chi connectivity index (χ0v) is 17.2. The number of nitrogens with two attached hydrogens (primary N) is 1. The maximum Gasteiger partial charge on any atom is 0.331 e. The number of amides is 1. The topological polar surface area (TPSA) is 116 Å². The molecule has 0 aliphatic rings. The van der Waals surface area contributed by atoms with Crippen LogP contribution < -0.4 is 10.5 Å². The van der Waals surface area contributed by atoms with E-state index in [2.05, 4.69) is 5.32 Å². The van der Waals surface area contributed by atoms with Gasteiger partial charge in [-0.05, 0) is 30.3 Å². The highest BCUT2D eigenvalue weighted by Gasteiger charge is 2.11. The number of carbonyl (C=O) groups is 2. The van der Waals surface area contributed by atoms with Crippen LogP contribution in [0.5, 0.6) is 0 Å². The van der Waals surface area contributed by atoms with Gasteiger partial charge in [0.1, 0.15) is 0 Å².